The molecule has 0 atom stereocenters. The molecule has 0 spiro atoms. The zero-order chi connectivity index (χ0) is 9.19. The Morgan fingerprint density at radius 1 is 1.50 bits per heavy atom. The van der Waals surface area contributed by atoms with Gasteiger partial charge >= 0.3 is 0 Å². The van der Waals surface area contributed by atoms with Crippen LogP contribution in [0.25, 0.3) is 0 Å². The molecule has 12 heavy (non-hydrogen) atoms. The van der Waals surface area contributed by atoms with Crippen molar-refractivity contribution in [2.45, 2.75) is 31.9 Å². The molecule has 0 aromatic carbocycles. The van der Waals surface area contributed by atoms with E-state index >= 15 is 0 Å². The summed E-state index contributed by atoms with van der Waals surface area (Å²) in [5.74, 6) is 2.65. The van der Waals surface area contributed by atoms with Crippen LogP contribution in [0.1, 0.15) is 32.4 Å². The van der Waals surface area contributed by atoms with Crippen LogP contribution in [0.15, 0.2) is 10.6 Å². The Morgan fingerprint density at radius 3 is 2.58 bits per heavy atom. The number of hydrogen-bond donors (Lipinski definition) is 0. The second-order valence-electron chi connectivity index (χ2n) is 3.80. The fourth-order valence-electron chi connectivity index (χ4n) is 0.847. The number of hydrogen-bond acceptors (Lipinski definition) is 3. The zero-order valence-corrected chi connectivity index (χ0v) is 8.86. The van der Waals surface area contributed by atoms with Gasteiger partial charge in [0.1, 0.15) is 5.76 Å². The lowest BCUT2D eigenvalue weighted by atomic mass is 9.94. The first-order valence-electron chi connectivity index (χ1n) is 3.98. The van der Waals surface area contributed by atoms with Gasteiger partial charge < -0.3 is 4.42 Å². The van der Waals surface area contributed by atoms with Crippen molar-refractivity contribution in [3.05, 3.63) is 17.8 Å². The predicted molar refractivity (Wildman–Crippen MR) is 52.4 cm³/mol. The third kappa shape index (κ3) is 2.27. The summed E-state index contributed by atoms with van der Waals surface area (Å²) in [7, 11) is 0. The first kappa shape index (κ1) is 9.65. The minimum atomic E-state index is 0.0731. The van der Waals surface area contributed by atoms with E-state index in [1.807, 2.05) is 12.5 Å². The van der Waals surface area contributed by atoms with E-state index in [-0.39, 0.29) is 5.41 Å². The molecular formula is C9H15NOS. The first-order chi connectivity index (χ1) is 5.54. The van der Waals surface area contributed by atoms with Crippen LogP contribution < -0.4 is 0 Å². The summed E-state index contributed by atoms with van der Waals surface area (Å²) in [5, 5.41) is 0. The smallest absolute Gasteiger partial charge is 0.204 e. The SMILES string of the molecule is CSCc1ncc(C(C)(C)C)o1. The summed E-state index contributed by atoms with van der Waals surface area (Å²) < 4.78 is 5.56. The molecule has 0 saturated heterocycles. The van der Waals surface area contributed by atoms with Gasteiger partial charge in [-0.2, -0.15) is 11.8 Å². The van der Waals surface area contributed by atoms with Gasteiger partial charge in [0.25, 0.3) is 0 Å². The molecule has 0 radical (unpaired) electrons. The van der Waals surface area contributed by atoms with E-state index in [0.29, 0.717) is 0 Å². The molecule has 0 N–H and O–H groups in total. The minimum Gasteiger partial charge on any atom is -0.444 e. The van der Waals surface area contributed by atoms with Crippen LogP contribution in [-0.4, -0.2) is 11.2 Å². The number of aromatic nitrogens is 1. The average molecular weight is 185 g/mol. The fourth-order valence-corrected chi connectivity index (χ4v) is 1.23. The van der Waals surface area contributed by atoms with Crippen molar-refractivity contribution in [1.29, 1.82) is 0 Å². The van der Waals surface area contributed by atoms with Gasteiger partial charge in [0.15, 0.2) is 0 Å². The number of rotatable bonds is 2. The second kappa shape index (κ2) is 3.52. The van der Waals surface area contributed by atoms with E-state index in [4.69, 9.17) is 4.42 Å². The van der Waals surface area contributed by atoms with Crippen molar-refractivity contribution in [3.63, 3.8) is 0 Å². The van der Waals surface area contributed by atoms with Crippen LogP contribution >= 0.6 is 11.8 Å². The van der Waals surface area contributed by atoms with Crippen LogP contribution in [0.4, 0.5) is 0 Å². The highest BCUT2D eigenvalue weighted by atomic mass is 32.2. The van der Waals surface area contributed by atoms with E-state index in [9.17, 15) is 0 Å². The van der Waals surface area contributed by atoms with Gasteiger partial charge in [0.2, 0.25) is 5.89 Å². The lowest BCUT2D eigenvalue weighted by molar-refractivity contribution is 0.391. The quantitative estimate of drug-likeness (QED) is 0.708. The third-order valence-electron chi connectivity index (χ3n) is 1.56. The number of thioether (sulfide) groups is 1. The summed E-state index contributed by atoms with van der Waals surface area (Å²) in [4.78, 5) is 4.18. The number of nitrogens with zero attached hydrogens (tertiary/aromatic N) is 1. The largest absolute Gasteiger partial charge is 0.444 e. The monoisotopic (exact) mass is 185 g/mol. The third-order valence-corrected chi connectivity index (χ3v) is 2.10. The highest BCUT2D eigenvalue weighted by Gasteiger charge is 2.18. The summed E-state index contributed by atoms with van der Waals surface area (Å²) in [6.45, 7) is 6.36. The zero-order valence-electron chi connectivity index (χ0n) is 8.05. The van der Waals surface area contributed by atoms with Crippen molar-refractivity contribution in [2.24, 2.45) is 0 Å². The van der Waals surface area contributed by atoms with E-state index in [1.54, 1.807) is 11.8 Å². The number of oxazole rings is 1. The Hall–Kier alpha value is -0.440. The Kier molecular flexibility index (Phi) is 2.83. The molecule has 1 aromatic heterocycles. The molecule has 2 nitrogen and oxygen atoms in total. The highest BCUT2D eigenvalue weighted by molar-refractivity contribution is 7.97. The van der Waals surface area contributed by atoms with Gasteiger partial charge in [-0.3, -0.25) is 0 Å². The minimum absolute atomic E-state index is 0.0731. The molecule has 0 fully saturated rings. The molecule has 1 aromatic rings. The van der Waals surface area contributed by atoms with Gasteiger partial charge in [-0.25, -0.2) is 4.98 Å². The molecular weight excluding hydrogens is 170 g/mol. The van der Waals surface area contributed by atoms with Crippen LogP contribution in [-0.2, 0) is 11.2 Å². The Bertz CT molecular complexity index is 249. The molecule has 0 bridgehead atoms. The topological polar surface area (TPSA) is 26.0 Å². The van der Waals surface area contributed by atoms with Crippen molar-refractivity contribution >= 4 is 11.8 Å². The standard InChI is InChI=1S/C9H15NOS/c1-9(2,3)7-5-10-8(11-7)6-12-4/h5H,6H2,1-4H3. The molecule has 0 unspecified atom stereocenters. The Morgan fingerprint density at radius 2 is 2.17 bits per heavy atom. The van der Waals surface area contributed by atoms with Crippen LogP contribution in [0.3, 0.4) is 0 Å². The van der Waals surface area contributed by atoms with E-state index in [1.165, 1.54) is 0 Å². The summed E-state index contributed by atoms with van der Waals surface area (Å²) >= 11 is 1.72. The lowest BCUT2D eigenvalue weighted by Gasteiger charge is -2.12. The molecule has 0 saturated carbocycles. The van der Waals surface area contributed by atoms with Crippen molar-refractivity contribution < 1.29 is 4.42 Å². The van der Waals surface area contributed by atoms with Crippen LogP contribution in [0.5, 0.6) is 0 Å². The van der Waals surface area contributed by atoms with E-state index in [2.05, 4.69) is 25.8 Å². The normalized spacial score (nSPS) is 12.0. The van der Waals surface area contributed by atoms with Gasteiger partial charge in [-0.15, -0.1) is 0 Å². The Balaban J connectivity index is 2.77. The molecule has 3 heteroatoms. The van der Waals surface area contributed by atoms with Gasteiger partial charge in [-0.05, 0) is 6.26 Å². The fraction of sp³-hybridized carbons (Fsp3) is 0.667. The molecule has 1 heterocycles. The Labute approximate surface area is 77.8 Å². The maximum Gasteiger partial charge on any atom is 0.204 e. The summed E-state index contributed by atoms with van der Waals surface area (Å²) in [6, 6.07) is 0. The van der Waals surface area contributed by atoms with Gasteiger partial charge in [0, 0.05) is 5.41 Å². The molecule has 68 valence electrons. The van der Waals surface area contributed by atoms with Crippen molar-refractivity contribution in [3.8, 4) is 0 Å². The first-order valence-corrected chi connectivity index (χ1v) is 5.37. The van der Waals surface area contributed by atoms with E-state index < -0.39 is 0 Å². The van der Waals surface area contributed by atoms with Crippen molar-refractivity contribution in [2.75, 3.05) is 6.26 Å². The summed E-state index contributed by atoms with van der Waals surface area (Å²) in [6.07, 6.45) is 3.87. The molecule has 1 rings (SSSR count). The van der Waals surface area contributed by atoms with Crippen LogP contribution in [0.2, 0.25) is 0 Å². The predicted octanol–water partition coefficient (Wildman–Crippen LogP) is 2.84. The van der Waals surface area contributed by atoms with Crippen LogP contribution in [0, 0.1) is 0 Å². The van der Waals surface area contributed by atoms with Gasteiger partial charge in [-0.1, -0.05) is 20.8 Å². The molecule has 0 aliphatic rings. The highest BCUT2D eigenvalue weighted by Crippen LogP contribution is 2.23. The van der Waals surface area contributed by atoms with Gasteiger partial charge in [0.05, 0.1) is 11.9 Å². The average Bonchev–Trinajstić information content (AvgIpc) is 2.35. The lowest BCUT2D eigenvalue weighted by Crippen LogP contribution is -2.09. The maximum atomic E-state index is 5.56. The van der Waals surface area contributed by atoms with Crippen molar-refractivity contribution in [1.82, 2.24) is 4.98 Å². The summed E-state index contributed by atoms with van der Waals surface area (Å²) in [5.41, 5.74) is 0.0731. The van der Waals surface area contributed by atoms with E-state index in [0.717, 1.165) is 17.4 Å². The maximum absolute atomic E-state index is 5.56. The molecule has 0 aliphatic carbocycles. The second-order valence-corrected chi connectivity index (χ2v) is 4.67. The molecule has 0 aliphatic heterocycles. The molecule has 0 amide bonds.